The highest BCUT2D eigenvalue weighted by Gasteiger charge is 2.44. The predicted molar refractivity (Wildman–Crippen MR) is 118 cm³/mol. The molecule has 9 nitrogen and oxygen atoms in total. The van der Waals surface area contributed by atoms with Crippen LogP contribution in [0.4, 0.5) is 0 Å². The van der Waals surface area contributed by atoms with E-state index in [1.54, 1.807) is 51.1 Å². The molecular weight excluding hydrogens is 443 g/mol. The van der Waals surface area contributed by atoms with Crippen molar-refractivity contribution in [2.75, 3.05) is 25.4 Å². The number of ether oxygens (including phenoxy) is 1. The van der Waals surface area contributed by atoms with E-state index in [0.717, 1.165) is 11.4 Å². The van der Waals surface area contributed by atoms with E-state index in [0.29, 0.717) is 5.75 Å². The lowest BCUT2D eigenvalue weighted by molar-refractivity contribution is -0.151. The van der Waals surface area contributed by atoms with Crippen LogP contribution >= 0.6 is 18.2 Å². The first kappa shape index (κ1) is 25.2. The van der Waals surface area contributed by atoms with Crippen molar-refractivity contribution in [1.82, 2.24) is 10.6 Å². The van der Waals surface area contributed by atoms with Crippen LogP contribution in [-0.2, 0) is 28.2 Å². The first-order valence-corrected chi connectivity index (χ1v) is 13.2. The minimum Gasteiger partial charge on any atom is -0.465 e. The Morgan fingerprint density at radius 3 is 2.61 bits per heavy atom. The van der Waals surface area contributed by atoms with Crippen molar-refractivity contribution in [3.8, 4) is 5.75 Å². The van der Waals surface area contributed by atoms with Crippen LogP contribution in [0.15, 0.2) is 30.3 Å². The van der Waals surface area contributed by atoms with Crippen LogP contribution in [0.3, 0.4) is 0 Å². The van der Waals surface area contributed by atoms with Gasteiger partial charge in [-0.1, -0.05) is 39.0 Å². The largest absolute Gasteiger partial charge is 0.465 e. The normalized spacial score (nSPS) is 23.5. The average Bonchev–Trinajstić information content (AvgIpc) is 2.73. The Kier molecular flexibility index (Phi) is 9.40. The van der Waals surface area contributed by atoms with Gasteiger partial charge in [0.25, 0.3) is 5.91 Å². The maximum atomic E-state index is 13.6. The summed E-state index contributed by atoms with van der Waals surface area (Å²) in [7, 11) is 0. The van der Waals surface area contributed by atoms with Gasteiger partial charge >= 0.3 is 12.8 Å². The molecule has 0 aromatic heterocycles. The van der Waals surface area contributed by atoms with E-state index in [2.05, 4.69) is 10.6 Å². The number of hydrogen-bond donors (Lipinski definition) is 2. The van der Waals surface area contributed by atoms with Gasteiger partial charge in [0.05, 0.1) is 6.61 Å². The number of para-hydroxylation sites is 1. The molecule has 11 heteroatoms. The van der Waals surface area contributed by atoms with E-state index in [1.165, 1.54) is 0 Å². The molecule has 1 aromatic carbocycles. The molecule has 2 N–H and O–H groups in total. The van der Waals surface area contributed by atoms with Crippen LogP contribution in [0, 0.1) is 5.41 Å². The molecule has 31 heavy (non-hydrogen) atoms. The standard InChI is InChI=1S/C20H29N2O7PS/c1-4-17(24)27-14-20(2,3)18-19(25)22-11-10-16(23)21-12-13-31-30(26,29-18)28-15-8-6-5-7-9-15/h5-9,18H,4,10-14H2,1-3H3,(H,21,23)(H,22,25)/t18-,30?/m0/s1. The summed E-state index contributed by atoms with van der Waals surface area (Å²) in [5.41, 5.74) is -1.02. The van der Waals surface area contributed by atoms with E-state index in [9.17, 15) is 18.9 Å². The Balaban J connectivity index is 2.32. The highest BCUT2D eigenvalue weighted by atomic mass is 32.7. The molecule has 1 saturated heterocycles. The number of esters is 1. The summed E-state index contributed by atoms with van der Waals surface area (Å²) in [6, 6.07) is 8.49. The second kappa shape index (κ2) is 11.5. The third-order valence-electron chi connectivity index (χ3n) is 4.36. The second-order valence-electron chi connectivity index (χ2n) is 7.56. The molecule has 2 rings (SSSR count). The van der Waals surface area contributed by atoms with Crippen molar-refractivity contribution < 1.29 is 32.7 Å². The van der Waals surface area contributed by atoms with E-state index < -0.39 is 30.2 Å². The van der Waals surface area contributed by atoms with Gasteiger partial charge in [0.2, 0.25) is 5.91 Å². The molecule has 1 aliphatic rings. The molecule has 2 amide bonds. The van der Waals surface area contributed by atoms with Crippen molar-refractivity contribution in [2.45, 2.75) is 39.7 Å². The zero-order valence-electron chi connectivity index (χ0n) is 17.9. The van der Waals surface area contributed by atoms with Gasteiger partial charge in [-0.15, -0.1) is 0 Å². The van der Waals surface area contributed by atoms with Gasteiger partial charge in [-0.25, -0.2) is 4.57 Å². The molecule has 1 aliphatic heterocycles. The van der Waals surface area contributed by atoms with Crippen molar-refractivity contribution in [3.05, 3.63) is 30.3 Å². The lowest BCUT2D eigenvalue weighted by atomic mass is 9.87. The SMILES string of the molecule is CCC(=O)OCC(C)(C)[C@H]1OP(=O)(Oc2ccccc2)SCCNC(=O)CCNC1=O. The first-order valence-electron chi connectivity index (χ1n) is 10.0. The van der Waals surface area contributed by atoms with E-state index >= 15 is 0 Å². The number of carbonyl (C=O) groups is 3. The monoisotopic (exact) mass is 472 g/mol. The van der Waals surface area contributed by atoms with Crippen LogP contribution < -0.4 is 15.2 Å². The van der Waals surface area contributed by atoms with Crippen LogP contribution in [0.5, 0.6) is 5.75 Å². The number of nitrogens with one attached hydrogen (secondary N) is 2. The molecule has 0 aliphatic carbocycles. The quantitative estimate of drug-likeness (QED) is 0.479. The van der Waals surface area contributed by atoms with Crippen LogP contribution in [0.25, 0.3) is 0 Å². The number of benzene rings is 1. The summed E-state index contributed by atoms with van der Waals surface area (Å²) in [6.45, 7) is 1.37. The Labute approximate surface area is 186 Å². The van der Waals surface area contributed by atoms with Gasteiger partial charge in [0, 0.05) is 37.1 Å². The van der Waals surface area contributed by atoms with Gasteiger partial charge in [0.1, 0.15) is 5.75 Å². The van der Waals surface area contributed by atoms with Gasteiger partial charge in [-0.2, -0.15) is 0 Å². The smallest absolute Gasteiger partial charge is 0.440 e. The summed E-state index contributed by atoms with van der Waals surface area (Å²) in [6.07, 6.45) is -0.956. The van der Waals surface area contributed by atoms with Crippen molar-refractivity contribution >= 4 is 36.0 Å². The molecule has 0 saturated carbocycles. The van der Waals surface area contributed by atoms with Crippen LogP contribution in [0.1, 0.15) is 33.6 Å². The maximum Gasteiger partial charge on any atom is 0.440 e. The highest BCUT2D eigenvalue weighted by Crippen LogP contribution is 2.61. The Morgan fingerprint density at radius 1 is 1.23 bits per heavy atom. The molecule has 172 valence electrons. The molecule has 0 bridgehead atoms. The first-order chi connectivity index (χ1) is 14.6. The van der Waals surface area contributed by atoms with Crippen molar-refractivity contribution in [3.63, 3.8) is 0 Å². The third kappa shape index (κ3) is 8.20. The molecule has 2 atom stereocenters. The summed E-state index contributed by atoms with van der Waals surface area (Å²) in [4.78, 5) is 36.5. The maximum absolute atomic E-state index is 13.6. The van der Waals surface area contributed by atoms with Crippen molar-refractivity contribution in [2.24, 2.45) is 5.41 Å². The molecule has 1 aromatic rings. The number of amides is 2. The number of rotatable bonds is 6. The number of carbonyl (C=O) groups excluding carboxylic acids is 3. The average molecular weight is 473 g/mol. The minimum atomic E-state index is -3.89. The number of hydrogen-bond acceptors (Lipinski definition) is 8. The third-order valence-corrected chi connectivity index (χ3v) is 7.95. The van der Waals surface area contributed by atoms with E-state index in [1.807, 2.05) is 0 Å². The molecule has 0 radical (unpaired) electrons. The fourth-order valence-electron chi connectivity index (χ4n) is 2.64. The zero-order valence-corrected chi connectivity index (χ0v) is 19.6. The molecule has 1 fully saturated rings. The van der Waals surface area contributed by atoms with Crippen LogP contribution in [0.2, 0.25) is 0 Å². The summed E-state index contributed by atoms with van der Waals surface area (Å²) in [5.74, 6) is -0.632. The molecule has 1 heterocycles. The summed E-state index contributed by atoms with van der Waals surface area (Å²) >= 11 is 0.895. The Morgan fingerprint density at radius 2 is 1.94 bits per heavy atom. The van der Waals surface area contributed by atoms with Gasteiger partial charge in [0.15, 0.2) is 6.10 Å². The summed E-state index contributed by atoms with van der Waals surface area (Å²) in [5, 5.41) is 5.34. The fraction of sp³-hybridized carbons (Fsp3) is 0.550. The minimum absolute atomic E-state index is 0.0896. The van der Waals surface area contributed by atoms with Gasteiger partial charge in [-0.05, 0) is 23.5 Å². The predicted octanol–water partition coefficient (Wildman–Crippen LogP) is 2.91. The molecule has 0 spiro atoms. The Hall–Kier alpha value is -2.03. The van der Waals surface area contributed by atoms with Crippen molar-refractivity contribution in [1.29, 1.82) is 0 Å². The van der Waals surface area contributed by atoms with E-state index in [-0.39, 0.29) is 44.2 Å². The zero-order chi connectivity index (χ0) is 22.9. The lowest BCUT2D eigenvalue weighted by Crippen LogP contribution is -2.48. The van der Waals surface area contributed by atoms with Gasteiger partial charge < -0.3 is 19.9 Å². The second-order valence-corrected chi connectivity index (χ2v) is 11.6. The van der Waals surface area contributed by atoms with E-state index in [4.69, 9.17) is 13.8 Å². The topological polar surface area (TPSA) is 120 Å². The fourth-order valence-corrected chi connectivity index (χ4v) is 6.03. The molecule has 1 unspecified atom stereocenters. The van der Waals surface area contributed by atoms with Gasteiger partial charge in [-0.3, -0.25) is 18.9 Å². The Bertz CT molecular complexity index is 819. The molecular formula is C20H29N2O7PS. The lowest BCUT2D eigenvalue weighted by Gasteiger charge is -2.34. The highest BCUT2D eigenvalue weighted by molar-refractivity contribution is 8.55. The van der Waals surface area contributed by atoms with Crippen LogP contribution in [-0.4, -0.2) is 49.3 Å². The summed E-state index contributed by atoms with van der Waals surface area (Å²) < 4.78 is 30.4.